The predicted molar refractivity (Wildman–Crippen MR) is 146 cm³/mol. The molecule has 39 heavy (non-hydrogen) atoms. The minimum absolute atomic E-state index is 0.146. The van der Waals surface area contributed by atoms with Gasteiger partial charge in [-0.3, -0.25) is 0 Å². The van der Waals surface area contributed by atoms with Crippen LogP contribution in [-0.4, -0.2) is 61.8 Å². The van der Waals surface area contributed by atoms with Crippen molar-refractivity contribution in [1.29, 1.82) is 0 Å². The number of fused-ring (bicyclic) bond motifs is 2. The van der Waals surface area contributed by atoms with Gasteiger partial charge in [0.2, 0.25) is 0 Å². The molecule has 0 spiro atoms. The van der Waals surface area contributed by atoms with E-state index in [-0.39, 0.29) is 24.4 Å². The van der Waals surface area contributed by atoms with Crippen LogP contribution in [0, 0.1) is 0 Å². The van der Waals surface area contributed by atoms with E-state index >= 15 is 0 Å². The van der Waals surface area contributed by atoms with Crippen LogP contribution in [0.15, 0.2) is 67.0 Å². The zero-order chi connectivity index (χ0) is 26.8. The topological polar surface area (TPSA) is 93.2 Å². The molecule has 2 fully saturated rings. The van der Waals surface area contributed by atoms with Crippen LogP contribution in [0.1, 0.15) is 5.56 Å². The molecule has 10 heteroatoms. The van der Waals surface area contributed by atoms with Crippen LogP contribution in [0.5, 0.6) is 17.2 Å². The third-order valence-electron chi connectivity index (χ3n) is 6.88. The van der Waals surface area contributed by atoms with Crippen LogP contribution in [0.2, 0.25) is 5.02 Å². The number of hydrogen-bond donors (Lipinski definition) is 1. The van der Waals surface area contributed by atoms with Gasteiger partial charge < -0.3 is 33.7 Å². The van der Waals surface area contributed by atoms with Crippen molar-refractivity contribution >= 4 is 34.0 Å². The highest BCUT2D eigenvalue weighted by atomic mass is 35.5. The van der Waals surface area contributed by atoms with Gasteiger partial charge >= 0.3 is 0 Å². The minimum Gasteiger partial charge on any atom is -0.493 e. The predicted octanol–water partition coefficient (Wildman–Crippen LogP) is 5.17. The lowest BCUT2D eigenvalue weighted by molar-refractivity contribution is -0.0425. The van der Waals surface area contributed by atoms with E-state index in [2.05, 4.69) is 15.3 Å². The molecular weight excluding hydrogens is 522 g/mol. The zero-order valence-corrected chi connectivity index (χ0v) is 22.3. The maximum absolute atomic E-state index is 6.63. The number of nitrogens with one attached hydrogen (secondary N) is 1. The third-order valence-corrected chi connectivity index (χ3v) is 7.18. The first kappa shape index (κ1) is 25.6. The van der Waals surface area contributed by atoms with E-state index in [1.165, 1.54) is 6.33 Å². The maximum atomic E-state index is 6.63. The fraction of sp³-hybridized carbons (Fsp3) is 0.310. The molecule has 0 radical (unpaired) electrons. The number of aromatic nitrogens is 2. The number of ether oxygens (including phenoxy) is 6. The van der Waals surface area contributed by atoms with E-state index in [1.54, 1.807) is 20.3 Å². The molecule has 6 rings (SSSR count). The van der Waals surface area contributed by atoms with Gasteiger partial charge in [0, 0.05) is 17.1 Å². The van der Waals surface area contributed by atoms with E-state index in [4.69, 9.17) is 40.0 Å². The molecule has 2 saturated heterocycles. The first-order valence-corrected chi connectivity index (χ1v) is 13.0. The van der Waals surface area contributed by atoms with Crippen LogP contribution in [0.25, 0.3) is 10.9 Å². The standard InChI is InChI=1S/C29H28ClN3O6/c1-34-23-11-19-21(12-24(23)35-2)31-16-32-29(19)33-18-8-9-22(20(30)10-18)39-26-15-38-27-25(14-37-28(26)27)36-13-17-6-4-3-5-7-17/h3-12,16,25-28H,13-15H2,1-2H3,(H,31,32,33)/t25-,26?,27+,28+/m0/s1. The van der Waals surface area contributed by atoms with Crippen molar-refractivity contribution in [2.75, 3.05) is 32.8 Å². The first-order chi connectivity index (χ1) is 19.1. The highest BCUT2D eigenvalue weighted by Gasteiger charge is 2.49. The van der Waals surface area contributed by atoms with Crippen molar-refractivity contribution in [3.63, 3.8) is 0 Å². The molecule has 2 aliphatic rings. The first-order valence-electron chi connectivity index (χ1n) is 12.6. The SMILES string of the molecule is COc1cc2ncnc(Nc3ccc(OC4CO[C@@H]5[C@@H](OCc6ccccc6)CO[C@H]45)c(Cl)c3)c2cc1OC. The number of methoxy groups -OCH3 is 2. The summed E-state index contributed by atoms with van der Waals surface area (Å²) in [6, 6.07) is 19.2. The molecule has 1 aromatic heterocycles. The van der Waals surface area contributed by atoms with Crippen LogP contribution in [0.4, 0.5) is 11.5 Å². The normalized spacial score (nSPS) is 22.0. The van der Waals surface area contributed by atoms with Crippen molar-refractivity contribution in [3.05, 3.63) is 77.6 Å². The lowest BCUT2D eigenvalue weighted by Gasteiger charge is -2.19. The number of anilines is 2. The molecule has 3 aromatic carbocycles. The van der Waals surface area contributed by atoms with Gasteiger partial charge in [0.15, 0.2) is 17.6 Å². The number of halogens is 1. The van der Waals surface area contributed by atoms with Crippen LogP contribution < -0.4 is 19.5 Å². The van der Waals surface area contributed by atoms with Crippen molar-refractivity contribution in [1.82, 2.24) is 9.97 Å². The average molecular weight is 550 g/mol. The lowest BCUT2D eigenvalue weighted by Crippen LogP contribution is -2.35. The second kappa shape index (κ2) is 11.2. The third kappa shape index (κ3) is 5.31. The Morgan fingerprint density at radius 2 is 1.62 bits per heavy atom. The Balaban J connectivity index is 1.12. The Labute approximate surface area is 230 Å². The highest BCUT2D eigenvalue weighted by Crippen LogP contribution is 2.37. The highest BCUT2D eigenvalue weighted by molar-refractivity contribution is 6.32. The fourth-order valence-electron chi connectivity index (χ4n) is 4.91. The number of rotatable bonds is 9. The lowest BCUT2D eigenvalue weighted by atomic mass is 10.1. The summed E-state index contributed by atoms with van der Waals surface area (Å²) in [5.41, 5.74) is 2.57. The van der Waals surface area contributed by atoms with Crippen LogP contribution in [0.3, 0.4) is 0 Å². The monoisotopic (exact) mass is 549 g/mol. The van der Waals surface area contributed by atoms with Crippen LogP contribution >= 0.6 is 11.6 Å². The average Bonchev–Trinajstić information content (AvgIpc) is 3.56. The summed E-state index contributed by atoms with van der Waals surface area (Å²) in [6.07, 6.45) is 0.654. The van der Waals surface area contributed by atoms with Gasteiger partial charge in [-0.1, -0.05) is 41.9 Å². The van der Waals surface area contributed by atoms with Gasteiger partial charge in [-0.25, -0.2) is 9.97 Å². The Bertz CT molecular complexity index is 1460. The Kier molecular flexibility index (Phi) is 7.38. The van der Waals surface area contributed by atoms with Gasteiger partial charge in [0.25, 0.3) is 0 Å². The Hall–Kier alpha value is -3.63. The molecular formula is C29H28ClN3O6. The summed E-state index contributed by atoms with van der Waals surface area (Å²) < 4.78 is 35.2. The van der Waals surface area contributed by atoms with Crippen LogP contribution in [-0.2, 0) is 20.8 Å². The van der Waals surface area contributed by atoms with Gasteiger partial charge in [0.05, 0.1) is 44.6 Å². The molecule has 0 bridgehead atoms. The number of benzene rings is 3. The van der Waals surface area contributed by atoms with Gasteiger partial charge in [-0.2, -0.15) is 0 Å². The maximum Gasteiger partial charge on any atom is 0.162 e. The Morgan fingerprint density at radius 1 is 0.872 bits per heavy atom. The fourth-order valence-corrected chi connectivity index (χ4v) is 5.13. The van der Waals surface area contributed by atoms with E-state index in [9.17, 15) is 0 Å². The molecule has 3 heterocycles. The van der Waals surface area contributed by atoms with Gasteiger partial charge in [0.1, 0.15) is 36.2 Å². The van der Waals surface area contributed by atoms with Crippen molar-refractivity contribution < 1.29 is 28.4 Å². The zero-order valence-electron chi connectivity index (χ0n) is 21.5. The molecule has 0 aliphatic carbocycles. The van der Waals surface area contributed by atoms with Crippen molar-refractivity contribution in [2.24, 2.45) is 0 Å². The minimum atomic E-state index is -0.287. The quantitative estimate of drug-likeness (QED) is 0.303. The summed E-state index contributed by atoms with van der Waals surface area (Å²) in [7, 11) is 3.18. The summed E-state index contributed by atoms with van der Waals surface area (Å²) in [5, 5.41) is 4.55. The number of nitrogens with zero attached hydrogens (tertiary/aromatic N) is 2. The number of hydrogen-bond acceptors (Lipinski definition) is 9. The van der Waals surface area contributed by atoms with E-state index in [0.29, 0.717) is 47.9 Å². The van der Waals surface area contributed by atoms with Gasteiger partial charge in [-0.15, -0.1) is 0 Å². The second-order valence-electron chi connectivity index (χ2n) is 9.30. The molecule has 4 atom stereocenters. The van der Waals surface area contributed by atoms with E-state index < -0.39 is 0 Å². The molecule has 2 aliphatic heterocycles. The largest absolute Gasteiger partial charge is 0.493 e. The summed E-state index contributed by atoms with van der Waals surface area (Å²) >= 11 is 6.63. The van der Waals surface area contributed by atoms with E-state index in [0.717, 1.165) is 22.2 Å². The molecule has 1 unspecified atom stereocenters. The molecule has 1 N–H and O–H groups in total. The molecule has 202 valence electrons. The smallest absolute Gasteiger partial charge is 0.162 e. The molecule has 4 aromatic rings. The van der Waals surface area contributed by atoms with E-state index in [1.807, 2.05) is 54.6 Å². The summed E-state index contributed by atoms with van der Waals surface area (Å²) in [5.74, 6) is 2.34. The summed E-state index contributed by atoms with van der Waals surface area (Å²) in [6.45, 7) is 1.37. The molecule has 9 nitrogen and oxygen atoms in total. The molecule has 0 saturated carbocycles. The van der Waals surface area contributed by atoms with Crippen molar-refractivity contribution in [3.8, 4) is 17.2 Å². The molecule has 0 amide bonds. The second-order valence-corrected chi connectivity index (χ2v) is 9.71. The van der Waals surface area contributed by atoms with Gasteiger partial charge in [-0.05, 0) is 29.8 Å². The van der Waals surface area contributed by atoms with Crippen molar-refractivity contribution in [2.45, 2.75) is 31.0 Å². The Morgan fingerprint density at radius 3 is 2.38 bits per heavy atom. The summed E-state index contributed by atoms with van der Waals surface area (Å²) in [4.78, 5) is 8.76.